The van der Waals surface area contributed by atoms with E-state index in [4.69, 9.17) is 32.2 Å². The van der Waals surface area contributed by atoms with Crippen molar-refractivity contribution >= 4 is 50.3 Å². The van der Waals surface area contributed by atoms with Gasteiger partial charge in [0.1, 0.15) is 11.5 Å². The summed E-state index contributed by atoms with van der Waals surface area (Å²) in [4.78, 5) is -0.328. The summed E-state index contributed by atoms with van der Waals surface area (Å²) in [6, 6.07) is -21.9. The van der Waals surface area contributed by atoms with Gasteiger partial charge in [0.05, 0.1) is 52.4 Å². The highest BCUT2D eigenvalue weighted by Gasteiger charge is 2.39. The zero-order valence-electron chi connectivity index (χ0n) is 48.8. The van der Waals surface area contributed by atoms with Crippen LogP contribution < -0.4 is 15.7 Å². The monoisotopic (exact) mass is 629 g/mol. The van der Waals surface area contributed by atoms with Gasteiger partial charge in [0, 0.05) is 21.7 Å². The molecule has 1 aromatic heterocycles. The molecule has 8 aromatic rings. The van der Waals surface area contributed by atoms with Crippen molar-refractivity contribution in [3.8, 4) is 50.6 Å². The Kier molecular flexibility index (Phi) is 2.42. The molecule has 0 saturated heterocycles. The molecule has 0 atom stereocenters. The number of fused-ring (bicyclic) bond motifs is 7. The van der Waals surface area contributed by atoms with E-state index in [-0.39, 0.29) is 15.8 Å². The fourth-order valence-electron chi connectivity index (χ4n) is 5.69. The van der Waals surface area contributed by atoms with Gasteiger partial charge in [-0.1, -0.05) is 115 Å². The molecule has 0 saturated carbocycles. The molecule has 0 bridgehead atoms. The first-order valence-corrected chi connectivity index (χ1v) is 14.5. The van der Waals surface area contributed by atoms with Crippen LogP contribution >= 0.6 is 11.6 Å². The smallest absolute Gasteiger partial charge is 0.289 e. The van der Waals surface area contributed by atoms with E-state index in [0.29, 0.717) is 11.6 Å². The van der Waals surface area contributed by atoms with Crippen molar-refractivity contribution in [3.05, 3.63) is 157 Å². The van der Waals surface area contributed by atoms with Crippen molar-refractivity contribution in [1.82, 2.24) is 4.57 Å². The van der Waals surface area contributed by atoms with E-state index in [1.165, 1.54) is 0 Å². The Morgan fingerprint density at radius 3 is 1.96 bits per heavy atom. The Bertz CT molecular complexity index is 3860. The molecule has 3 heterocycles. The Morgan fingerprint density at radius 1 is 0.522 bits per heavy atom. The third kappa shape index (κ3) is 3.80. The molecule has 2 aliphatic rings. The molecule has 0 radical (unpaired) electrons. The summed E-state index contributed by atoms with van der Waals surface area (Å²) in [7, 11) is 0. The number of nitrogens with zero attached hydrogens (tertiary/aromatic N) is 1. The quantitative estimate of drug-likeness (QED) is 0.181. The van der Waals surface area contributed by atoms with Crippen LogP contribution in [0.5, 0.6) is 11.5 Å². The summed E-state index contributed by atoms with van der Waals surface area (Å²) in [5, 5.41) is -0.895. The van der Waals surface area contributed by atoms with E-state index < -0.39 is 235 Å². The number of ether oxygens (including phenoxy) is 1. The molecule has 2 aliphatic heterocycles. The Hall–Kier alpha value is -5.45. The highest BCUT2D eigenvalue weighted by atomic mass is 32.2. The number of para-hydroxylation sites is 3. The van der Waals surface area contributed by atoms with Gasteiger partial charge in [-0.25, -0.2) is 0 Å². The Morgan fingerprint density at radius 2 is 1.17 bits per heavy atom. The molecule has 0 spiro atoms. The zero-order chi connectivity index (χ0) is 52.8. The third-order valence-electron chi connectivity index (χ3n) is 7.61. The first-order valence-electron chi connectivity index (χ1n) is 26.6. The van der Waals surface area contributed by atoms with Gasteiger partial charge >= 0.3 is 0 Å². The van der Waals surface area contributed by atoms with E-state index in [1.807, 2.05) is 0 Å². The normalized spacial score (nSPS) is 20.7. The molecule has 46 heavy (non-hydrogen) atoms. The molecule has 0 aliphatic carbocycles. The first kappa shape index (κ1) is 11.1. The average molecular weight is 630 g/mol. The maximum atomic E-state index is 10.2. The van der Waals surface area contributed by atoms with E-state index in [1.54, 1.807) is 0 Å². The maximum absolute atomic E-state index is 10.2. The minimum Gasteiger partial charge on any atom is -0.458 e. The lowest BCUT2D eigenvalue weighted by Crippen LogP contribution is -2.46. The molecule has 7 aromatic carbocycles. The number of hydrogen-bond acceptors (Lipinski definition) is 2. The predicted molar refractivity (Wildman–Crippen MR) is 194 cm³/mol. The molecule has 10 rings (SSSR count). The molecule has 0 fully saturated rings. The minimum absolute atomic E-state index is 0.231. The van der Waals surface area contributed by atoms with Crippen molar-refractivity contribution in [1.29, 1.82) is 0 Å². The summed E-state index contributed by atoms with van der Waals surface area (Å²) in [6.45, 7) is 0. The third-order valence-corrected chi connectivity index (χ3v) is 8.85. The molecule has 0 amide bonds. The summed E-state index contributed by atoms with van der Waals surface area (Å²) in [5.74, 6) is -2.53. The van der Waals surface area contributed by atoms with Crippen molar-refractivity contribution in [2.24, 2.45) is 0 Å². The average Bonchev–Trinajstić information content (AvgIpc) is 3.71. The Labute approximate surface area is 308 Å². The van der Waals surface area contributed by atoms with Gasteiger partial charge in [0.15, 0.2) is 0 Å². The predicted octanol–water partition coefficient (Wildman–Crippen LogP) is 10.1. The van der Waals surface area contributed by atoms with Crippen LogP contribution in [-0.4, -0.2) is 10.6 Å². The molecule has 214 valence electrons. The molecular formula is C42H26BNOS. The van der Waals surface area contributed by atoms with Crippen LogP contribution in [0.3, 0.4) is 0 Å². The van der Waals surface area contributed by atoms with E-state index in [9.17, 15) is 8.22 Å². The van der Waals surface area contributed by atoms with E-state index in [2.05, 4.69) is 0 Å². The maximum Gasteiger partial charge on any atom is 0.289 e. The van der Waals surface area contributed by atoms with Crippen LogP contribution in [0, 0.1) is 0 Å². The lowest BCUT2D eigenvalue weighted by Gasteiger charge is -2.33. The SMILES string of the molecule is [2H]c1c([2H])c([2H])c(-c2c([2H])c([2H])c([2H])c([2H])c2-c2c([2H])c([2H])c3c(c2[2H])-c2c([2H])c(-n4c5c([2H])c([2H])c([2H])c([2H])c5c5c([2H])c([2H])c([2H])c([2H])c54)c([2H])c4c2B(S3)c2c([2H])c([2H])c([2H])c([2H])c2O4)c([2H])c1[2H]. The van der Waals surface area contributed by atoms with Gasteiger partial charge in [-0.05, 0) is 80.6 Å². The highest BCUT2D eigenvalue weighted by molar-refractivity contribution is 8.28. The van der Waals surface area contributed by atoms with E-state index >= 15 is 0 Å². The van der Waals surface area contributed by atoms with Crippen molar-refractivity contribution in [2.45, 2.75) is 4.90 Å². The zero-order valence-corrected chi connectivity index (χ0v) is 23.7. The first-order chi connectivity index (χ1) is 33.6. The molecular weight excluding hydrogens is 577 g/mol. The highest BCUT2D eigenvalue weighted by Crippen LogP contribution is 2.46. The van der Waals surface area contributed by atoms with Gasteiger partial charge in [-0.2, -0.15) is 11.6 Å². The Balaban J connectivity index is 1.45. The standard InChI is InChI=1S/C42H26BNOS/c1-2-12-27(13-3-1)30-14-4-5-15-31(30)28-22-23-41-34(24-28)35-25-29(26-40-42(35)43(46-41)36-18-8-11-21-39(36)45-40)44-37-19-9-6-16-32(37)33-17-7-10-20-38(33)44/h1-26H/i1D,2D,3D,4D,5D,6D,7D,8D,9D,10D,11D,12D,13D,14D,15D,16D,17D,18D,19D,20D,21D,22D,23D,24D,25D,26D. The fourth-order valence-corrected chi connectivity index (χ4v) is 6.94. The minimum atomic E-state index is -1.44. The number of rotatable bonds is 3. The topological polar surface area (TPSA) is 14.2 Å². The van der Waals surface area contributed by atoms with Crippen molar-refractivity contribution in [3.63, 3.8) is 0 Å². The lowest BCUT2D eigenvalue weighted by atomic mass is 9.57. The van der Waals surface area contributed by atoms with Gasteiger partial charge in [-0.3, -0.25) is 0 Å². The van der Waals surface area contributed by atoms with Crippen molar-refractivity contribution in [2.75, 3.05) is 0 Å². The van der Waals surface area contributed by atoms with Gasteiger partial charge in [-0.15, -0.1) is 0 Å². The largest absolute Gasteiger partial charge is 0.458 e. The number of benzene rings is 7. The fraction of sp³-hybridized carbons (Fsp3) is 0. The summed E-state index contributed by atoms with van der Waals surface area (Å²) >= 11 is 0.659. The number of hydrogen-bond donors (Lipinski definition) is 0. The molecule has 2 nitrogen and oxygen atoms in total. The van der Waals surface area contributed by atoms with Crippen LogP contribution in [0.25, 0.3) is 60.9 Å². The van der Waals surface area contributed by atoms with E-state index in [0.717, 1.165) is 4.57 Å². The van der Waals surface area contributed by atoms with Gasteiger partial charge < -0.3 is 9.30 Å². The van der Waals surface area contributed by atoms with Gasteiger partial charge in [0.25, 0.3) is 5.99 Å². The second kappa shape index (κ2) is 10.0. The van der Waals surface area contributed by atoms with Gasteiger partial charge in [0.2, 0.25) is 0 Å². The van der Waals surface area contributed by atoms with Crippen LogP contribution in [0.4, 0.5) is 0 Å². The van der Waals surface area contributed by atoms with Crippen molar-refractivity contribution < 1.29 is 40.4 Å². The summed E-state index contributed by atoms with van der Waals surface area (Å²) in [5.41, 5.74) is -6.28. The lowest BCUT2D eigenvalue weighted by molar-refractivity contribution is 0.487. The molecule has 0 N–H and O–H groups in total. The molecule has 0 unspecified atom stereocenters. The molecule has 4 heteroatoms. The number of aromatic nitrogens is 1. The van der Waals surface area contributed by atoms with Crippen LogP contribution in [0.15, 0.2) is 162 Å². The summed E-state index contributed by atoms with van der Waals surface area (Å²) < 4.78 is 240. The van der Waals surface area contributed by atoms with Crippen LogP contribution in [0.2, 0.25) is 0 Å². The van der Waals surface area contributed by atoms with Crippen LogP contribution in [-0.2, 0) is 0 Å². The summed E-state index contributed by atoms with van der Waals surface area (Å²) in [6.07, 6.45) is 0. The second-order valence-corrected chi connectivity index (χ2v) is 11.2. The second-order valence-electron chi connectivity index (χ2n) is 10.0. The van der Waals surface area contributed by atoms with Crippen LogP contribution in [0.1, 0.15) is 35.6 Å².